The molecule has 0 unspecified atom stereocenters. The van der Waals surface area contributed by atoms with Crippen molar-refractivity contribution in [1.82, 2.24) is 10.9 Å². The van der Waals surface area contributed by atoms with Crippen molar-refractivity contribution in [3.05, 3.63) is 20.9 Å². The van der Waals surface area contributed by atoms with Gasteiger partial charge in [-0.2, -0.15) is 0 Å². The lowest BCUT2D eigenvalue weighted by molar-refractivity contribution is 0.233. The van der Waals surface area contributed by atoms with Crippen LogP contribution in [0.1, 0.15) is 0 Å². The molecule has 0 saturated carbocycles. The number of carbonyl (C=O) groups is 2. The van der Waals surface area contributed by atoms with Crippen LogP contribution in [-0.4, -0.2) is 12.1 Å². The Hall–Kier alpha value is -2.44. The zero-order valence-electron chi connectivity index (χ0n) is 5.50. The molecular formula is C2H2N8O2. The number of azide groups is 2. The van der Waals surface area contributed by atoms with Crippen LogP contribution in [0.15, 0.2) is 10.2 Å². The van der Waals surface area contributed by atoms with Crippen LogP contribution in [0.25, 0.3) is 20.9 Å². The molecule has 10 nitrogen and oxygen atoms in total. The monoisotopic (exact) mass is 170 g/mol. The number of hydrazine groups is 1. The molecule has 0 aromatic carbocycles. The molecule has 4 amide bonds. The van der Waals surface area contributed by atoms with Gasteiger partial charge in [0.05, 0.1) is 0 Å². The van der Waals surface area contributed by atoms with E-state index in [1.807, 2.05) is 0 Å². The zero-order chi connectivity index (χ0) is 9.40. The Balaban J connectivity index is 3.83. The molecule has 0 aromatic heterocycles. The van der Waals surface area contributed by atoms with Crippen LogP contribution >= 0.6 is 0 Å². The summed E-state index contributed by atoms with van der Waals surface area (Å²) in [4.78, 5) is 24.8. The second-order valence-corrected chi connectivity index (χ2v) is 1.24. The first-order valence-electron chi connectivity index (χ1n) is 2.41. The molecule has 62 valence electrons. The highest BCUT2D eigenvalue weighted by atomic mass is 16.2. The minimum absolute atomic E-state index is 1.11. The highest BCUT2D eigenvalue weighted by Crippen LogP contribution is 1.74. The molecular weight excluding hydrogens is 168 g/mol. The van der Waals surface area contributed by atoms with Crippen LogP contribution in [0.4, 0.5) is 9.59 Å². The van der Waals surface area contributed by atoms with Crippen molar-refractivity contribution in [2.45, 2.75) is 0 Å². The highest BCUT2D eigenvalue weighted by Gasteiger charge is 1.97. The summed E-state index contributed by atoms with van der Waals surface area (Å²) in [5.74, 6) is 0. The van der Waals surface area contributed by atoms with E-state index in [0.717, 1.165) is 0 Å². The summed E-state index contributed by atoms with van der Waals surface area (Å²) in [6.07, 6.45) is 0. The summed E-state index contributed by atoms with van der Waals surface area (Å²) < 4.78 is 0. The van der Waals surface area contributed by atoms with Gasteiger partial charge in [0.15, 0.2) is 0 Å². The molecule has 2 N–H and O–H groups in total. The van der Waals surface area contributed by atoms with E-state index in [1.54, 1.807) is 10.9 Å². The summed E-state index contributed by atoms with van der Waals surface area (Å²) in [5, 5.41) is 5.08. The Morgan fingerprint density at radius 2 is 1.33 bits per heavy atom. The first-order valence-corrected chi connectivity index (χ1v) is 2.41. The summed E-state index contributed by atoms with van der Waals surface area (Å²) in [6, 6.07) is -2.22. The molecule has 0 spiro atoms. The molecule has 0 heterocycles. The molecule has 0 atom stereocenters. The van der Waals surface area contributed by atoms with Crippen LogP contribution in [0, 0.1) is 0 Å². The van der Waals surface area contributed by atoms with Crippen LogP contribution in [0.5, 0.6) is 0 Å². The number of nitrogens with one attached hydrogen (secondary N) is 2. The van der Waals surface area contributed by atoms with E-state index in [0.29, 0.717) is 0 Å². The lowest BCUT2D eigenvalue weighted by Gasteiger charge is -1.97. The Morgan fingerprint density at radius 3 is 1.58 bits per heavy atom. The van der Waals surface area contributed by atoms with E-state index in [2.05, 4.69) is 20.1 Å². The molecule has 0 saturated heterocycles. The minimum Gasteiger partial charge on any atom is -0.266 e. The third kappa shape index (κ3) is 4.44. The summed E-state index contributed by atoms with van der Waals surface area (Å²) >= 11 is 0. The number of amides is 4. The topological polar surface area (TPSA) is 156 Å². The quantitative estimate of drug-likeness (QED) is 0.240. The standard InChI is InChI=1S/C2H2N8O2/c3-9-7-1(11)5-6-2(12)8-10-4/h(H,5,11)(H,6,12). The van der Waals surface area contributed by atoms with Crippen molar-refractivity contribution in [2.75, 3.05) is 0 Å². The van der Waals surface area contributed by atoms with Gasteiger partial charge >= 0.3 is 12.1 Å². The second kappa shape index (κ2) is 5.35. The fraction of sp³-hybridized carbons (Fsp3) is 0. The van der Waals surface area contributed by atoms with E-state index < -0.39 is 12.1 Å². The molecule has 0 aliphatic rings. The van der Waals surface area contributed by atoms with Gasteiger partial charge in [0.25, 0.3) is 0 Å². The van der Waals surface area contributed by atoms with Gasteiger partial charge in [-0.05, 0) is 11.1 Å². The maximum atomic E-state index is 10.3. The Kier molecular flexibility index (Phi) is 4.26. The summed E-state index contributed by atoms with van der Waals surface area (Å²) in [5.41, 5.74) is 18.7. The molecule has 10 heteroatoms. The maximum Gasteiger partial charge on any atom is 0.326 e. The molecule has 0 fully saturated rings. The van der Waals surface area contributed by atoms with Gasteiger partial charge < -0.3 is 0 Å². The fourth-order valence-corrected chi connectivity index (χ4v) is 0.238. The largest absolute Gasteiger partial charge is 0.326 e. The SMILES string of the molecule is [N-]=[N+]=NC(=O)NNC(=O)N=[N+]=[N-]. The van der Waals surface area contributed by atoms with Gasteiger partial charge in [-0.25, -0.2) is 0 Å². The number of hydrogen-bond acceptors (Lipinski definition) is 2. The van der Waals surface area contributed by atoms with Gasteiger partial charge in [-0.15, -0.1) is 0 Å². The molecule has 0 rings (SSSR count). The molecule has 0 aromatic rings. The van der Waals surface area contributed by atoms with E-state index >= 15 is 0 Å². The predicted molar refractivity (Wildman–Crippen MR) is 35.4 cm³/mol. The second-order valence-electron chi connectivity index (χ2n) is 1.24. The Bertz CT molecular complexity index is 251. The predicted octanol–water partition coefficient (Wildman–Crippen LogP) is 0.941. The lowest BCUT2D eigenvalue weighted by Crippen LogP contribution is -2.38. The number of carbonyl (C=O) groups excluding carboxylic acids is 2. The third-order valence-corrected chi connectivity index (χ3v) is 0.547. The molecule has 0 radical (unpaired) electrons. The Labute approximate surface area is 64.8 Å². The van der Waals surface area contributed by atoms with Crippen molar-refractivity contribution in [3.8, 4) is 0 Å². The Morgan fingerprint density at radius 1 is 1.00 bits per heavy atom. The van der Waals surface area contributed by atoms with Crippen LogP contribution < -0.4 is 10.9 Å². The van der Waals surface area contributed by atoms with Gasteiger partial charge in [0.2, 0.25) is 0 Å². The number of rotatable bonds is 0. The minimum atomic E-state index is -1.11. The van der Waals surface area contributed by atoms with Gasteiger partial charge in [0, 0.05) is 20.1 Å². The summed E-state index contributed by atoms with van der Waals surface area (Å²) in [6.45, 7) is 0. The van der Waals surface area contributed by atoms with Crippen molar-refractivity contribution in [2.24, 2.45) is 10.2 Å². The van der Waals surface area contributed by atoms with E-state index in [-0.39, 0.29) is 0 Å². The number of urea groups is 2. The first kappa shape index (κ1) is 9.56. The average Bonchev–Trinajstić information content (AvgIpc) is 2.02. The zero-order valence-corrected chi connectivity index (χ0v) is 5.50. The van der Waals surface area contributed by atoms with Gasteiger partial charge in [0.1, 0.15) is 0 Å². The van der Waals surface area contributed by atoms with Crippen LogP contribution in [0.2, 0.25) is 0 Å². The average molecular weight is 170 g/mol. The van der Waals surface area contributed by atoms with Gasteiger partial charge in [-0.1, -0.05) is 0 Å². The maximum absolute atomic E-state index is 10.3. The molecule has 12 heavy (non-hydrogen) atoms. The molecule has 0 bridgehead atoms. The van der Waals surface area contributed by atoms with E-state index in [1.165, 1.54) is 0 Å². The highest BCUT2D eigenvalue weighted by molar-refractivity contribution is 5.80. The van der Waals surface area contributed by atoms with Gasteiger partial charge in [-0.3, -0.25) is 20.4 Å². The van der Waals surface area contributed by atoms with Crippen LogP contribution in [-0.2, 0) is 0 Å². The first-order chi connectivity index (χ1) is 5.70. The number of nitrogens with zero attached hydrogens (tertiary/aromatic N) is 6. The fourth-order valence-electron chi connectivity index (χ4n) is 0.238. The van der Waals surface area contributed by atoms with Crippen molar-refractivity contribution < 1.29 is 9.59 Å². The summed E-state index contributed by atoms with van der Waals surface area (Å²) in [7, 11) is 0. The van der Waals surface area contributed by atoms with Crippen molar-refractivity contribution >= 4 is 12.1 Å². The van der Waals surface area contributed by atoms with E-state index in [9.17, 15) is 9.59 Å². The molecule has 0 aliphatic carbocycles. The van der Waals surface area contributed by atoms with Crippen molar-refractivity contribution in [3.63, 3.8) is 0 Å². The normalized spacial score (nSPS) is 7.00. The van der Waals surface area contributed by atoms with Crippen LogP contribution in [0.3, 0.4) is 0 Å². The van der Waals surface area contributed by atoms with E-state index in [4.69, 9.17) is 11.1 Å². The smallest absolute Gasteiger partial charge is 0.266 e. The third-order valence-electron chi connectivity index (χ3n) is 0.547. The lowest BCUT2D eigenvalue weighted by atomic mass is 11.0. The van der Waals surface area contributed by atoms with Crippen molar-refractivity contribution in [1.29, 1.82) is 0 Å². The molecule has 0 aliphatic heterocycles. The number of hydrogen-bond donors (Lipinski definition) is 2.